The van der Waals surface area contributed by atoms with Gasteiger partial charge in [-0.25, -0.2) is 13.1 Å². The molecule has 22 heavy (non-hydrogen) atoms. The van der Waals surface area contributed by atoms with Crippen LogP contribution in [0.4, 0.5) is 0 Å². The van der Waals surface area contributed by atoms with Crippen molar-refractivity contribution in [1.82, 2.24) is 4.72 Å². The van der Waals surface area contributed by atoms with Gasteiger partial charge in [-0.2, -0.15) is 0 Å². The maximum atomic E-state index is 12.3. The lowest BCUT2D eigenvalue weighted by Gasteiger charge is -2.14. The van der Waals surface area contributed by atoms with Gasteiger partial charge < -0.3 is 5.11 Å². The van der Waals surface area contributed by atoms with Crippen LogP contribution in [0.25, 0.3) is 0 Å². The highest BCUT2D eigenvalue weighted by Gasteiger charge is 2.23. The van der Waals surface area contributed by atoms with Crippen LogP contribution < -0.4 is 4.72 Å². The molecule has 0 heterocycles. The van der Waals surface area contributed by atoms with Gasteiger partial charge in [-0.3, -0.25) is 0 Å². The third-order valence-electron chi connectivity index (χ3n) is 2.88. The predicted molar refractivity (Wildman–Crippen MR) is 90.8 cm³/mol. The monoisotopic (exact) mass is 423 g/mol. The highest BCUT2D eigenvalue weighted by molar-refractivity contribution is 9.10. The van der Waals surface area contributed by atoms with Crippen molar-refractivity contribution in [2.75, 3.05) is 6.54 Å². The van der Waals surface area contributed by atoms with E-state index >= 15 is 0 Å². The molecule has 0 saturated heterocycles. The Morgan fingerprint density at radius 3 is 2.23 bits per heavy atom. The molecule has 0 saturated carbocycles. The maximum absolute atomic E-state index is 12.3. The third-order valence-corrected chi connectivity index (χ3v) is 5.68. The van der Waals surface area contributed by atoms with E-state index in [1.807, 2.05) is 6.07 Å². The van der Waals surface area contributed by atoms with Gasteiger partial charge in [-0.05, 0) is 17.7 Å². The first-order valence-electron chi connectivity index (χ1n) is 6.18. The van der Waals surface area contributed by atoms with E-state index in [4.69, 9.17) is 23.2 Å². The topological polar surface area (TPSA) is 66.4 Å². The molecule has 0 aliphatic carbocycles. The van der Waals surface area contributed by atoms with Crippen molar-refractivity contribution >= 4 is 49.2 Å². The Morgan fingerprint density at radius 2 is 1.68 bits per heavy atom. The number of hydrogen-bond donors (Lipinski definition) is 2. The lowest BCUT2D eigenvalue weighted by molar-refractivity contribution is 0.182. The lowest BCUT2D eigenvalue weighted by atomic mass is 10.1. The summed E-state index contributed by atoms with van der Waals surface area (Å²) in [6, 6.07) is 11.6. The van der Waals surface area contributed by atoms with Gasteiger partial charge in [0.15, 0.2) is 0 Å². The number of nitrogens with one attached hydrogen (secondary N) is 1. The number of benzene rings is 2. The summed E-state index contributed by atoms with van der Waals surface area (Å²) in [7, 11) is -3.94. The Balaban J connectivity index is 2.19. The van der Waals surface area contributed by atoms with Gasteiger partial charge in [0.25, 0.3) is 0 Å². The molecule has 1 unspecified atom stereocenters. The van der Waals surface area contributed by atoms with Crippen molar-refractivity contribution in [3.05, 3.63) is 62.5 Å². The SMILES string of the molecule is O=S(=O)(NCC(O)c1ccccc1)c1c(Cl)cc(Br)cc1Cl. The number of halogens is 3. The Kier molecular flexibility index (Phi) is 5.87. The molecule has 0 aromatic heterocycles. The summed E-state index contributed by atoms with van der Waals surface area (Å²) < 4.78 is 27.5. The summed E-state index contributed by atoms with van der Waals surface area (Å²) in [5, 5.41) is 10.0. The smallest absolute Gasteiger partial charge is 0.243 e. The van der Waals surface area contributed by atoms with Crippen molar-refractivity contribution in [1.29, 1.82) is 0 Å². The zero-order valence-electron chi connectivity index (χ0n) is 11.1. The van der Waals surface area contributed by atoms with Gasteiger partial charge in [-0.1, -0.05) is 69.5 Å². The Morgan fingerprint density at radius 1 is 1.14 bits per heavy atom. The van der Waals surface area contributed by atoms with Crippen LogP contribution in [0.1, 0.15) is 11.7 Å². The fourth-order valence-electron chi connectivity index (χ4n) is 1.84. The van der Waals surface area contributed by atoms with E-state index in [0.717, 1.165) is 0 Å². The second-order valence-electron chi connectivity index (χ2n) is 4.48. The average molecular weight is 425 g/mol. The molecule has 1 atom stereocenters. The zero-order chi connectivity index (χ0) is 16.3. The molecule has 2 N–H and O–H groups in total. The molecule has 0 fully saturated rings. The van der Waals surface area contributed by atoms with Crippen LogP contribution in [0.15, 0.2) is 51.8 Å². The molecule has 0 radical (unpaired) electrons. The van der Waals surface area contributed by atoms with Crippen molar-refractivity contribution in [3.63, 3.8) is 0 Å². The second-order valence-corrected chi connectivity index (χ2v) is 7.91. The first-order chi connectivity index (χ1) is 10.3. The minimum Gasteiger partial charge on any atom is -0.387 e. The summed E-state index contributed by atoms with van der Waals surface area (Å²) in [4.78, 5) is -0.209. The first kappa shape index (κ1) is 17.7. The minimum absolute atomic E-state index is 0.000996. The van der Waals surface area contributed by atoms with Gasteiger partial charge in [0.05, 0.1) is 16.1 Å². The molecular weight excluding hydrogens is 413 g/mol. The molecule has 118 valence electrons. The van der Waals surface area contributed by atoms with Crippen LogP contribution >= 0.6 is 39.1 Å². The van der Waals surface area contributed by atoms with E-state index in [1.165, 1.54) is 12.1 Å². The minimum atomic E-state index is -3.94. The van der Waals surface area contributed by atoms with E-state index in [0.29, 0.717) is 10.0 Å². The highest BCUT2D eigenvalue weighted by Crippen LogP contribution is 2.32. The molecule has 2 rings (SSSR count). The Bertz CT molecular complexity index is 746. The quantitative estimate of drug-likeness (QED) is 0.767. The molecule has 0 aliphatic heterocycles. The number of hydrogen-bond acceptors (Lipinski definition) is 3. The van der Waals surface area contributed by atoms with E-state index in [2.05, 4.69) is 20.7 Å². The van der Waals surface area contributed by atoms with Crippen molar-refractivity contribution in [3.8, 4) is 0 Å². The Hall–Kier alpha value is -0.630. The fourth-order valence-corrected chi connectivity index (χ4v) is 4.81. The van der Waals surface area contributed by atoms with E-state index in [9.17, 15) is 13.5 Å². The number of sulfonamides is 1. The molecule has 8 heteroatoms. The summed E-state index contributed by atoms with van der Waals surface area (Å²) in [6.07, 6.45) is -0.969. The standard InChI is InChI=1S/C14H12BrCl2NO3S/c15-10-6-11(16)14(12(17)7-10)22(20,21)18-8-13(19)9-4-2-1-3-5-9/h1-7,13,18-19H,8H2. The van der Waals surface area contributed by atoms with E-state index in [1.54, 1.807) is 24.3 Å². The first-order valence-corrected chi connectivity index (χ1v) is 9.21. The van der Waals surface area contributed by atoms with E-state index in [-0.39, 0.29) is 21.5 Å². The Labute approximate surface area is 147 Å². The average Bonchev–Trinajstić information content (AvgIpc) is 2.44. The van der Waals surface area contributed by atoms with Crippen LogP contribution in [-0.2, 0) is 10.0 Å². The maximum Gasteiger partial charge on any atom is 0.243 e. The van der Waals surface area contributed by atoms with Gasteiger partial charge in [0, 0.05) is 11.0 Å². The van der Waals surface area contributed by atoms with Crippen LogP contribution in [0.5, 0.6) is 0 Å². The summed E-state index contributed by atoms with van der Waals surface area (Å²) in [6.45, 7) is -0.185. The van der Waals surface area contributed by atoms with Crippen LogP contribution in [0.2, 0.25) is 10.0 Å². The molecule has 4 nitrogen and oxygen atoms in total. The molecule has 0 amide bonds. The van der Waals surface area contributed by atoms with Crippen molar-refractivity contribution < 1.29 is 13.5 Å². The molecule has 2 aromatic carbocycles. The third kappa shape index (κ3) is 4.22. The number of aliphatic hydroxyl groups is 1. The van der Waals surface area contributed by atoms with E-state index < -0.39 is 16.1 Å². The van der Waals surface area contributed by atoms with Crippen LogP contribution in [0, 0.1) is 0 Å². The van der Waals surface area contributed by atoms with Gasteiger partial charge in [0.1, 0.15) is 4.90 Å². The largest absolute Gasteiger partial charge is 0.387 e. The van der Waals surface area contributed by atoms with Gasteiger partial charge in [-0.15, -0.1) is 0 Å². The van der Waals surface area contributed by atoms with Gasteiger partial charge >= 0.3 is 0 Å². The molecular formula is C14H12BrCl2NO3S. The highest BCUT2D eigenvalue weighted by atomic mass is 79.9. The summed E-state index contributed by atoms with van der Waals surface area (Å²) in [5.74, 6) is 0. The van der Waals surface area contributed by atoms with Crippen LogP contribution in [0.3, 0.4) is 0 Å². The molecule has 2 aromatic rings. The molecule has 0 spiro atoms. The molecule has 0 aliphatic rings. The zero-order valence-corrected chi connectivity index (χ0v) is 15.0. The fraction of sp³-hybridized carbons (Fsp3) is 0.143. The normalized spacial score (nSPS) is 13.1. The van der Waals surface area contributed by atoms with Crippen LogP contribution in [-0.4, -0.2) is 20.1 Å². The predicted octanol–water partition coefficient (Wildman–Crippen LogP) is 3.77. The number of rotatable bonds is 5. The second kappa shape index (κ2) is 7.29. The lowest BCUT2D eigenvalue weighted by Crippen LogP contribution is -2.29. The number of aliphatic hydroxyl groups excluding tert-OH is 1. The molecule has 0 bridgehead atoms. The van der Waals surface area contributed by atoms with Gasteiger partial charge in [0.2, 0.25) is 10.0 Å². The summed E-state index contributed by atoms with van der Waals surface area (Å²) >= 11 is 15.1. The van der Waals surface area contributed by atoms with Crippen molar-refractivity contribution in [2.24, 2.45) is 0 Å². The summed E-state index contributed by atoms with van der Waals surface area (Å²) in [5.41, 5.74) is 0.609. The van der Waals surface area contributed by atoms with Crippen molar-refractivity contribution in [2.45, 2.75) is 11.0 Å².